The van der Waals surface area contributed by atoms with Crippen molar-refractivity contribution in [2.45, 2.75) is 0 Å². The summed E-state index contributed by atoms with van der Waals surface area (Å²) in [5.74, 6) is -2.84. The molecule has 8 heteroatoms. The first-order valence-electron chi connectivity index (χ1n) is 9.11. The summed E-state index contributed by atoms with van der Waals surface area (Å²) >= 11 is 0. The summed E-state index contributed by atoms with van der Waals surface area (Å²) in [5, 5.41) is 5.86. The number of pyridine rings is 1. The van der Waals surface area contributed by atoms with Crippen molar-refractivity contribution in [2.75, 3.05) is 5.73 Å². The molecule has 0 radical (unpaired) electrons. The van der Waals surface area contributed by atoms with Gasteiger partial charge in [0.05, 0.1) is 16.8 Å². The maximum Gasteiger partial charge on any atom is 0.201 e. The van der Waals surface area contributed by atoms with E-state index in [4.69, 9.17) is 5.73 Å². The smallest absolute Gasteiger partial charge is 0.201 e. The van der Waals surface area contributed by atoms with Crippen LogP contribution in [0.3, 0.4) is 0 Å². The van der Waals surface area contributed by atoms with Crippen LogP contribution in [0.1, 0.15) is 15.9 Å². The lowest BCUT2D eigenvalue weighted by molar-refractivity contribution is 0.103. The van der Waals surface area contributed by atoms with Crippen LogP contribution >= 0.6 is 0 Å². The molecule has 0 saturated heterocycles. The van der Waals surface area contributed by atoms with Gasteiger partial charge in [0.15, 0.2) is 5.82 Å². The zero-order valence-corrected chi connectivity index (χ0v) is 15.8. The summed E-state index contributed by atoms with van der Waals surface area (Å²) in [6, 6.07) is 9.62. The number of nitrogens with two attached hydrogens (primary N) is 1. The average molecular weight is 403 g/mol. The number of H-pyrrole nitrogens is 1. The fourth-order valence-electron chi connectivity index (χ4n) is 3.58. The second-order valence-electron chi connectivity index (χ2n) is 7.05. The number of nitrogens with one attached hydrogen (secondary N) is 1. The lowest BCUT2D eigenvalue weighted by Gasteiger charge is -2.06. The molecule has 0 amide bonds. The van der Waals surface area contributed by atoms with Crippen LogP contribution in [0.15, 0.2) is 55.0 Å². The highest BCUT2D eigenvalue weighted by atomic mass is 19.1. The molecule has 0 spiro atoms. The number of carbonyl (C=O) groups excluding carboxylic acids is 1. The van der Waals surface area contributed by atoms with Crippen molar-refractivity contribution in [3.05, 3.63) is 77.8 Å². The molecule has 148 valence electrons. The lowest BCUT2D eigenvalue weighted by Crippen LogP contribution is -2.09. The molecule has 3 heterocycles. The molecule has 0 fully saturated rings. The van der Waals surface area contributed by atoms with Crippen molar-refractivity contribution in [3.63, 3.8) is 0 Å². The molecule has 0 bridgehead atoms. The Morgan fingerprint density at radius 1 is 1.13 bits per heavy atom. The highest BCUT2D eigenvalue weighted by Gasteiger charge is 2.24. The Labute approximate surface area is 169 Å². The first-order valence-corrected chi connectivity index (χ1v) is 9.11. The van der Waals surface area contributed by atoms with Crippen LogP contribution in [0.2, 0.25) is 0 Å². The number of aromatic amines is 1. The molecule has 0 atom stereocenters. The molecular weight excluding hydrogens is 388 g/mol. The van der Waals surface area contributed by atoms with Gasteiger partial charge in [-0.1, -0.05) is 12.1 Å². The fraction of sp³-hybridized carbons (Fsp3) is 0.0455. The van der Waals surface area contributed by atoms with Crippen LogP contribution in [0, 0.1) is 11.6 Å². The predicted octanol–water partition coefficient (Wildman–Crippen LogP) is 4.21. The molecule has 0 aliphatic carbocycles. The zero-order valence-electron chi connectivity index (χ0n) is 15.8. The number of carbonyl (C=O) groups is 1. The highest BCUT2D eigenvalue weighted by Crippen LogP contribution is 2.29. The largest absolute Gasteiger partial charge is 0.396 e. The second-order valence-corrected chi connectivity index (χ2v) is 7.05. The van der Waals surface area contributed by atoms with Crippen molar-refractivity contribution < 1.29 is 13.6 Å². The Bertz CT molecular complexity index is 1470. The zero-order chi connectivity index (χ0) is 21.0. The summed E-state index contributed by atoms with van der Waals surface area (Å²) in [7, 11) is 1.85. The van der Waals surface area contributed by atoms with E-state index >= 15 is 0 Å². The Morgan fingerprint density at radius 2 is 1.97 bits per heavy atom. The van der Waals surface area contributed by atoms with Gasteiger partial charge in [-0.25, -0.2) is 13.8 Å². The third-order valence-corrected chi connectivity index (χ3v) is 5.08. The third-order valence-electron chi connectivity index (χ3n) is 5.08. The molecule has 6 nitrogen and oxygen atoms in total. The Hall–Kier alpha value is -4.07. The minimum atomic E-state index is -1.07. The number of aromatic nitrogens is 4. The van der Waals surface area contributed by atoms with E-state index in [-0.39, 0.29) is 11.3 Å². The molecule has 0 unspecified atom stereocenters. The summed E-state index contributed by atoms with van der Waals surface area (Å²) in [6.07, 6.45) is 4.98. The van der Waals surface area contributed by atoms with E-state index in [9.17, 15) is 13.6 Å². The number of halogens is 2. The normalized spacial score (nSPS) is 11.4. The standard InChI is InChI=1S/C22H15F2N5O/c1-29-10-12-3-2-11(7-18(12)28-29)13-6-14-15(9-27-22(14)26-8-13)21(30)19-16(23)4-5-17(25)20(19)24/h2-10H,25H2,1H3,(H,26,27). The molecule has 5 aromatic rings. The lowest BCUT2D eigenvalue weighted by atomic mass is 9.99. The molecule has 5 rings (SSSR count). The molecule has 3 aromatic heterocycles. The molecule has 2 aromatic carbocycles. The van der Waals surface area contributed by atoms with Gasteiger partial charge in [-0.05, 0) is 29.8 Å². The van der Waals surface area contributed by atoms with E-state index < -0.39 is 23.0 Å². The maximum absolute atomic E-state index is 14.4. The third kappa shape index (κ3) is 2.73. The van der Waals surface area contributed by atoms with Crippen LogP contribution in [-0.4, -0.2) is 25.5 Å². The quantitative estimate of drug-likeness (QED) is 0.349. The maximum atomic E-state index is 14.4. The number of hydrogen-bond donors (Lipinski definition) is 2. The van der Waals surface area contributed by atoms with Crippen molar-refractivity contribution in [3.8, 4) is 11.1 Å². The predicted molar refractivity (Wildman–Crippen MR) is 110 cm³/mol. The van der Waals surface area contributed by atoms with E-state index in [1.54, 1.807) is 16.9 Å². The summed E-state index contributed by atoms with van der Waals surface area (Å²) in [5.41, 5.74) is 7.52. The Morgan fingerprint density at radius 3 is 2.80 bits per heavy atom. The van der Waals surface area contributed by atoms with Crippen molar-refractivity contribution in [1.29, 1.82) is 0 Å². The van der Waals surface area contributed by atoms with Crippen molar-refractivity contribution in [2.24, 2.45) is 7.05 Å². The summed E-state index contributed by atoms with van der Waals surface area (Å²) in [6.45, 7) is 0. The monoisotopic (exact) mass is 403 g/mol. The molecule has 0 saturated carbocycles. The van der Waals surface area contributed by atoms with Crippen LogP contribution in [-0.2, 0) is 7.05 Å². The van der Waals surface area contributed by atoms with Gasteiger partial charge in [0.25, 0.3) is 0 Å². The number of rotatable bonds is 3. The minimum Gasteiger partial charge on any atom is -0.396 e. The van der Waals surface area contributed by atoms with Gasteiger partial charge in [-0.3, -0.25) is 9.48 Å². The number of hydrogen-bond acceptors (Lipinski definition) is 4. The number of nitrogen functional groups attached to an aromatic ring is 1. The van der Waals surface area contributed by atoms with Crippen LogP contribution in [0.25, 0.3) is 33.1 Å². The second kappa shape index (κ2) is 6.48. The highest BCUT2D eigenvalue weighted by molar-refractivity contribution is 6.16. The van der Waals surface area contributed by atoms with E-state index in [2.05, 4.69) is 15.1 Å². The van der Waals surface area contributed by atoms with Gasteiger partial charge in [0.2, 0.25) is 5.78 Å². The van der Waals surface area contributed by atoms with Crippen molar-refractivity contribution >= 4 is 33.4 Å². The SMILES string of the molecule is Cn1cc2ccc(-c3cnc4[nH]cc(C(=O)c5c(F)ccc(N)c5F)c4c3)cc2n1. The number of fused-ring (bicyclic) bond motifs is 2. The van der Waals surface area contributed by atoms with Crippen LogP contribution < -0.4 is 5.73 Å². The van der Waals surface area contributed by atoms with Gasteiger partial charge in [0, 0.05) is 47.5 Å². The number of nitrogens with zero attached hydrogens (tertiary/aromatic N) is 3. The topological polar surface area (TPSA) is 89.6 Å². The van der Waals surface area contributed by atoms with Gasteiger partial charge < -0.3 is 10.7 Å². The molecular formula is C22H15F2N5O. The molecule has 30 heavy (non-hydrogen) atoms. The first kappa shape index (κ1) is 18.0. The van der Waals surface area contributed by atoms with E-state index in [0.717, 1.165) is 34.2 Å². The van der Waals surface area contributed by atoms with Gasteiger partial charge in [0.1, 0.15) is 11.5 Å². The van der Waals surface area contributed by atoms with Crippen molar-refractivity contribution in [1.82, 2.24) is 19.7 Å². The van der Waals surface area contributed by atoms with Crippen LogP contribution in [0.5, 0.6) is 0 Å². The molecule has 3 N–H and O–H groups in total. The number of aryl methyl sites for hydroxylation is 1. The minimum absolute atomic E-state index is 0.113. The van der Waals surface area contributed by atoms with Gasteiger partial charge in [-0.2, -0.15) is 5.10 Å². The number of anilines is 1. The molecule has 0 aliphatic rings. The van der Waals surface area contributed by atoms with Gasteiger partial charge in [-0.15, -0.1) is 0 Å². The average Bonchev–Trinajstić information content (AvgIpc) is 3.32. The van der Waals surface area contributed by atoms with Crippen LogP contribution in [0.4, 0.5) is 14.5 Å². The van der Waals surface area contributed by atoms with E-state index in [1.807, 2.05) is 31.4 Å². The molecule has 0 aliphatic heterocycles. The summed E-state index contributed by atoms with van der Waals surface area (Å²) in [4.78, 5) is 20.2. The van der Waals surface area contributed by atoms with E-state index in [1.165, 1.54) is 6.20 Å². The Balaban J connectivity index is 1.64. The first-order chi connectivity index (χ1) is 14.4. The van der Waals surface area contributed by atoms with E-state index in [0.29, 0.717) is 11.0 Å². The number of benzene rings is 2. The summed E-state index contributed by atoms with van der Waals surface area (Å²) < 4.78 is 30.3. The Kier molecular flexibility index (Phi) is 3.89. The fourth-order valence-corrected chi connectivity index (χ4v) is 3.58. The number of ketones is 1. The van der Waals surface area contributed by atoms with Gasteiger partial charge >= 0.3 is 0 Å².